The van der Waals surface area contributed by atoms with Gasteiger partial charge in [-0.15, -0.1) is 0 Å². The standard InChI is InChI=1S/C15H15N3O2/c1-10-13(11(2)20-17-10)9-16-15(19)14-7-6-12-5-3-4-8-18(12)14/h3-8H,9H2,1-2H3,(H,16,19). The largest absolute Gasteiger partial charge is 0.361 e. The summed E-state index contributed by atoms with van der Waals surface area (Å²) in [6.45, 7) is 4.12. The van der Waals surface area contributed by atoms with Crippen molar-refractivity contribution in [3.63, 3.8) is 0 Å². The Morgan fingerprint density at radius 1 is 1.30 bits per heavy atom. The van der Waals surface area contributed by atoms with E-state index in [-0.39, 0.29) is 5.91 Å². The molecular weight excluding hydrogens is 254 g/mol. The Morgan fingerprint density at radius 3 is 2.90 bits per heavy atom. The van der Waals surface area contributed by atoms with Crippen LogP contribution in [0.2, 0.25) is 0 Å². The average Bonchev–Trinajstić information content (AvgIpc) is 3.01. The van der Waals surface area contributed by atoms with Crippen LogP contribution in [0.1, 0.15) is 27.5 Å². The molecule has 0 saturated heterocycles. The Hall–Kier alpha value is -2.56. The van der Waals surface area contributed by atoms with Crippen LogP contribution in [0.25, 0.3) is 5.52 Å². The molecule has 3 heterocycles. The van der Waals surface area contributed by atoms with E-state index >= 15 is 0 Å². The molecule has 0 spiro atoms. The van der Waals surface area contributed by atoms with Crippen LogP contribution >= 0.6 is 0 Å². The van der Waals surface area contributed by atoms with Crippen molar-refractivity contribution in [2.75, 3.05) is 0 Å². The van der Waals surface area contributed by atoms with E-state index in [4.69, 9.17) is 4.52 Å². The highest BCUT2D eigenvalue weighted by Gasteiger charge is 2.13. The van der Waals surface area contributed by atoms with Crippen molar-refractivity contribution < 1.29 is 9.32 Å². The number of aromatic nitrogens is 2. The quantitative estimate of drug-likeness (QED) is 0.794. The van der Waals surface area contributed by atoms with Gasteiger partial charge in [0.05, 0.1) is 5.69 Å². The normalized spacial score (nSPS) is 10.9. The van der Waals surface area contributed by atoms with E-state index in [0.717, 1.165) is 22.5 Å². The lowest BCUT2D eigenvalue weighted by Gasteiger charge is -2.05. The van der Waals surface area contributed by atoms with Crippen LogP contribution < -0.4 is 5.32 Å². The van der Waals surface area contributed by atoms with Gasteiger partial charge < -0.3 is 14.2 Å². The van der Waals surface area contributed by atoms with E-state index in [1.54, 1.807) is 0 Å². The minimum Gasteiger partial charge on any atom is -0.361 e. The number of carbonyl (C=O) groups is 1. The van der Waals surface area contributed by atoms with Crippen LogP contribution in [0.4, 0.5) is 0 Å². The number of fused-ring (bicyclic) bond motifs is 1. The van der Waals surface area contributed by atoms with Gasteiger partial charge in [-0.05, 0) is 38.1 Å². The molecule has 0 bridgehead atoms. The average molecular weight is 269 g/mol. The number of hydrogen-bond acceptors (Lipinski definition) is 3. The van der Waals surface area contributed by atoms with Gasteiger partial charge in [-0.1, -0.05) is 11.2 Å². The summed E-state index contributed by atoms with van der Waals surface area (Å²) >= 11 is 0. The van der Waals surface area contributed by atoms with E-state index in [2.05, 4.69) is 10.5 Å². The summed E-state index contributed by atoms with van der Waals surface area (Å²) in [7, 11) is 0. The van der Waals surface area contributed by atoms with E-state index < -0.39 is 0 Å². The lowest BCUT2D eigenvalue weighted by atomic mass is 10.2. The van der Waals surface area contributed by atoms with Gasteiger partial charge >= 0.3 is 0 Å². The summed E-state index contributed by atoms with van der Waals surface area (Å²) in [5.41, 5.74) is 3.35. The minimum absolute atomic E-state index is 0.115. The maximum absolute atomic E-state index is 12.3. The van der Waals surface area contributed by atoms with Gasteiger partial charge in [0, 0.05) is 23.8 Å². The molecule has 0 fully saturated rings. The molecule has 0 saturated carbocycles. The Labute approximate surface area is 116 Å². The molecule has 0 radical (unpaired) electrons. The summed E-state index contributed by atoms with van der Waals surface area (Å²) in [6, 6.07) is 9.55. The lowest BCUT2D eigenvalue weighted by molar-refractivity contribution is 0.0945. The molecule has 0 atom stereocenters. The highest BCUT2D eigenvalue weighted by Crippen LogP contribution is 2.13. The summed E-state index contributed by atoms with van der Waals surface area (Å²) in [5, 5.41) is 6.78. The Balaban J connectivity index is 1.80. The van der Waals surface area contributed by atoms with Gasteiger partial charge in [-0.3, -0.25) is 4.79 Å². The zero-order chi connectivity index (χ0) is 14.1. The first-order valence-corrected chi connectivity index (χ1v) is 6.43. The van der Waals surface area contributed by atoms with Gasteiger partial charge in [0.15, 0.2) is 0 Å². The fourth-order valence-electron chi connectivity index (χ4n) is 2.25. The first kappa shape index (κ1) is 12.5. The van der Waals surface area contributed by atoms with Gasteiger partial charge in [0.1, 0.15) is 11.5 Å². The van der Waals surface area contributed by atoms with Crippen LogP contribution in [0.3, 0.4) is 0 Å². The van der Waals surface area contributed by atoms with Crippen LogP contribution in [0, 0.1) is 13.8 Å². The molecule has 102 valence electrons. The molecule has 0 aliphatic heterocycles. The molecule has 5 nitrogen and oxygen atoms in total. The molecule has 3 aromatic rings. The second-order valence-electron chi connectivity index (χ2n) is 4.70. The fraction of sp³-hybridized carbons (Fsp3) is 0.200. The molecule has 0 aliphatic carbocycles. The van der Waals surface area contributed by atoms with Crippen LogP contribution in [0.5, 0.6) is 0 Å². The number of pyridine rings is 1. The smallest absolute Gasteiger partial charge is 0.268 e. The summed E-state index contributed by atoms with van der Waals surface area (Å²) < 4.78 is 6.95. The molecule has 0 unspecified atom stereocenters. The number of carbonyl (C=O) groups excluding carboxylic acids is 1. The van der Waals surface area contributed by atoms with Crippen LogP contribution in [-0.4, -0.2) is 15.5 Å². The second kappa shape index (κ2) is 4.85. The summed E-state index contributed by atoms with van der Waals surface area (Å²) in [6.07, 6.45) is 1.88. The van der Waals surface area contributed by atoms with Crippen molar-refractivity contribution in [1.82, 2.24) is 14.9 Å². The molecule has 3 rings (SSSR count). The van der Waals surface area contributed by atoms with E-state index in [1.165, 1.54) is 0 Å². The third kappa shape index (κ3) is 2.07. The van der Waals surface area contributed by atoms with Crippen molar-refractivity contribution in [1.29, 1.82) is 0 Å². The number of hydrogen-bond donors (Lipinski definition) is 1. The van der Waals surface area contributed by atoms with Crippen molar-refractivity contribution in [3.8, 4) is 0 Å². The van der Waals surface area contributed by atoms with Crippen molar-refractivity contribution >= 4 is 11.4 Å². The van der Waals surface area contributed by atoms with E-state index in [0.29, 0.717) is 12.2 Å². The summed E-state index contributed by atoms with van der Waals surface area (Å²) in [5.74, 6) is 0.624. The first-order valence-electron chi connectivity index (χ1n) is 6.43. The number of amides is 1. The number of rotatable bonds is 3. The second-order valence-corrected chi connectivity index (χ2v) is 4.70. The van der Waals surface area contributed by atoms with Crippen molar-refractivity contribution in [2.24, 2.45) is 0 Å². The summed E-state index contributed by atoms with van der Waals surface area (Å²) in [4.78, 5) is 12.3. The molecule has 1 amide bonds. The lowest BCUT2D eigenvalue weighted by Crippen LogP contribution is -2.24. The van der Waals surface area contributed by atoms with Crippen LogP contribution in [-0.2, 0) is 6.54 Å². The SMILES string of the molecule is Cc1noc(C)c1CNC(=O)c1ccc2ccccn12. The maximum Gasteiger partial charge on any atom is 0.268 e. The predicted octanol–water partition coefficient (Wildman–Crippen LogP) is 2.47. The Kier molecular flexibility index (Phi) is 3.02. The zero-order valence-electron chi connectivity index (χ0n) is 11.4. The molecule has 1 N–H and O–H groups in total. The number of nitrogens with one attached hydrogen (secondary N) is 1. The van der Waals surface area contributed by atoms with Gasteiger partial charge in [-0.25, -0.2) is 0 Å². The van der Waals surface area contributed by atoms with E-state index in [1.807, 2.05) is 54.8 Å². The highest BCUT2D eigenvalue weighted by atomic mass is 16.5. The fourth-order valence-corrected chi connectivity index (χ4v) is 2.25. The molecule has 0 aromatic carbocycles. The first-order chi connectivity index (χ1) is 9.66. The van der Waals surface area contributed by atoms with Gasteiger partial charge in [0.2, 0.25) is 0 Å². The monoisotopic (exact) mass is 269 g/mol. The minimum atomic E-state index is -0.115. The van der Waals surface area contributed by atoms with Gasteiger partial charge in [-0.2, -0.15) is 0 Å². The topological polar surface area (TPSA) is 59.5 Å². The molecule has 5 heteroatoms. The van der Waals surface area contributed by atoms with Crippen LogP contribution in [0.15, 0.2) is 41.1 Å². The maximum atomic E-state index is 12.3. The predicted molar refractivity (Wildman–Crippen MR) is 74.5 cm³/mol. The number of aryl methyl sites for hydroxylation is 2. The van der Waals surface area contributed by atoms with Crippen molar-refractivity contribution in [2.45, 2.75) is 20.4 Å². The molecular formula is C15H15N3O2. The Bertz CT molecular complexity index is 751. The Morgan fingerprint density at radius 2 is 2.15 bits per heavy atom. The number of nitrogens with zero attached hydrogens (tertiary/aromatic N) is 2. The highest BCUT2D eigenvalue weighted by molar-refractivity contribution is 5.94. The molecule has 20 heavy (non-hydrogen) atoms. The van der Waals surface area contributed by atoms with E-state index in [9.17, 15) is 4.79 Å². The molecule has 3 aromatic heterocycles. The molecule has 0 aliphatic rings. The third-order valence-electron chi connectivity index (χ3n) is 3.40. The zero-order valence-corrected chi connectivity index (χ0v) is 11.4. The third-order valence-corrected chi connectivity index (χ3v) is 3.40. The van der Waals surface area contributed by atoms with Crippen molar-refractivity contribution in [3.05, 3.63) is 59.2 Å². The van der Waals surface area contributed by atoms with Gasteiger partial charge in [0.25, 0.3) is 5.91 Å².